The Hall–Kier alpha value is 0.320. The first-order valence-electron chi connectivity index (χ1n) is 14.2. The third kappa shape index (κ3) is 8.48. The minimum atomic E-state index is 0.0720. The van der Waals surface area contributed by atoms with Crippen LogP contribution in [0, 0.1) is 22.7 Å². The van der Waals surface area contributed by atoms with Crippen LogP contribution in [0.2, 0.25) is 0 Å². The zero-order valence-electron chi connectivity index (χ0n) is 24.0. The van der Waals surface area contributed by atoms with E-state index in [9.17, 15) is 0 Å². The lowest BCUT2D eigenvalue weighted by molar-refractivity contribution is 0.287. The van der Waals surface area contributed by atoms with Crippen molar-refractivity contribution in [3.05, 3.63) is 22.0 Å². The van der Waals surface area contributed by atoms with E-state index in [0.717, 1.165) is 106 Å². The largest absolute Gasteiger partial charge is 0.326 e. The summed E-state index contributed by atoms with van der Waals surface area (Å²) >= 11 is 38.6. The molecule has 0 amide bonds. The van der Waals surface area contributed by atoms with Crippen LogP contribution in [0.3, 0.4) is 0 Å². The summed E-state index contributed by atoms with van der Waals surface area (Å²) in [7, 11) is 0. The topological polar surface area (TPSA) is 6.48 Å². The SMILES string of the molecule is CC(C)(CCC(=S)CCC(=S)CCC(C)(C)CN1C(=S)C=C2SCCC2C1=S)CN1C(=S)C=C2SCCC2C1=S. The summed E-state index contributed by atoms with van der Waals surface area (Å²) in [6.07, 6.45) is 12.3. The van der Waals surface area contributed by atoms with Gasteiger partial charge in [0, 0.05) is 24.9 Å². The maximum atomic E-state index is 5.87. The molecule has 0 spiro atoms. The molecule has 0 aromatic carbocycles. The van der Waals surface area contributed by atoms with E-state index in [0.29, 0.717) is 11.8 Å². The molecule has 10 heteroatoms. The van der Waals surface area contributed by atoms with E-state index in [2.05, 4.69) is 49.6 Å². The number of fused-ring (bicyclic) bond motifs is 2. The maximum absolute atomic E-state index is 5.87. The summed E-state index contributed by atoms with van der Waals surface area (Å²) < 4.78 is 0. The summed E-state index contributed by atoms with van der Waals surface area (Å²) in [6, 6.07) is 0. The fourth-order valence-electron chi connectivity index (χ4n) is 5.65. The van der Waals surface area contributed by atoms with Crippen molar-refractivity contribution in [1.82, 2.24) is 9.80 Å². The summed E-state index contributed by atoms with van der Waals surface area (Å²) in [5.74, 6) is 3.06. The molecule has 2 saturated heterocycles. The summed E-state index contributed by atoms with van der Waals surface area (Å²) in [5, 5.41) is 0. The molecule has 2 atom stereocenters. The first-order valence-corrected chi connectivity index (χ1v) is 18.6. The molecule has 4 rings (SSSR count). The molecule has 0 N–H and O–H groups in total. The lowest BCUT2D eigenvalue weighted by atomic mass is 9.84. The van der Waals surface area contributed by atoms with Crippen molar-refractivity contribution in [1.29, 1.82) is 0 Å². The Morgan fingerprint density at radius 2 is 1.07 bits per heavy atom. The van der Waals surface area contributed by atoms with E-state index in [4.69, 9.17) is 73.3 Å². The van der Waals surface area contributed by atoms with Crippen LogP contribution in [0.1, 0.15) is 79.1 Å². The van der Waals surface area contributed by atoms with Crippen molar-refractivity contribution in [2.24, 2.45) is 22.7 Å². The Kier molecular flexibility index (Phi) is 11.6. The van der Waals surface area contributed by atoms with Gasteiger partial charge in [-0.05, 0) is 105 Å². The second-order valence-corrected chi connectivity index (χ2v) is 18.1. The van der Waals surface area contributed by atoms with E-state index >= 15 is 0 Å². The van der Waals surface area contributed by atoms with Crippen molar-refractivity contribution in [3.8, 4) is 0 Å². The van der Waals surface area contributed by atoms with Crippen LogP contribution in [0.25, 0.3) is 0 Å². The van der Waals surface area contributed by atoms with Crippen LogP contribution < -0.4 is 0 Å². The van der Waals surface area contributed by atoms with Gasteiger partial charge in [0.25, 0.3) is 0 Å². The molecule has 0 aromatic heterocycles. The minimum absolute atomic E-state index is 0.0720. The number of hydrogen-bond acceptors (Lipinski definition) is 8. The van der Waals surface area contributed by atoms with Crippen molar-refractivity contribution in [2.75, 3.05) is 24.6 Å². The van der Waals surface area contributed by atoms with Gasteiger partial charge in [-0.2, -0.15) is 0 Å². The fourth-order valence-corrected chi connectivity index (χ4v) is 10.3. The average Bonchev–Trinajstić information content (AvgIpc) is 3.55. The summed E-state index contributed by atoms with van der Waals surface area (Å²) in [4.78, 5) is 13.1. The molecule has 2 fully saturated rings. The van der Waals surface area contributed by atoms with E-state index in [1.54, 1.807) is 0 Å². The van der Waals surface area contributed by atoms with Crippen LogP contribution >= 0.6 is 96.8 Å². The first-order chi connectivity index (χ1) is 18.8. The molecule has 4 heterocycles. The predicted molar refractivity (Wildman–Crippen MR) is 202 cm³/mol. The number of thioether (sulfide) groups is 2. The molecule has 40 heavy (non-hydrogen) atoms. The van der Waals surface area contributed by atoms with Gasteiger partial charge >= 0.3 is 0 Å². The highest BCUT2D eigenvalue weighted by Crippen LogP contribution is 2.43. The van der Waals surface area contributed by atoms with Crippen molar-refractivity contribution >= 4 is 127 Å². The van der Waals surface area contributed by atoms with Crippen LogP contribution in [-0.4, -0.2) is 64.1 Å². The van der Waals surface area contributed by atoms with Gasteiger partial charge in [0.05, 0.1) is 9.98 Å². The highest BCUT2D eigenvalue weighted by Gasteiger charge is 2.38. The average molecular weight is 685 g/mol. The smallest absolute Gasteiger partial charge is 0.107 e. The van der Waals surface area contributed by atoms with E-state index in [-0.39, 0.29) is 10.8 Å². The molecule has 0 radical (unpaired) electrons. The van der Waals surface area contributed by atoms with Crippen molar-refractivity contribution in [2.45, 2.75) is 79.1 Å². The highest BCUT2D eigenvalue weighted by atomic mass is 32.2. The van der Waals surface area contributed by atoms with Gasteiger partial charge in [-0.1, -0.05) is 101 Å². The molecule has 0 aromatic rings. The Labute approximate surface area is 282 Å². The summed E-state index contributed by atoms with van der Waals surface area (Å²) in [6.45, 7) is 10.9. The molecule has 4 aliphatic heterocycles. The molecular weight excluding hydrogens is 645 g/mol. The monoisotopic (exact) mass is 684 g/mol. The zero-order valence-corrected chi connectivity index (χ0v) is 30.5. The molecule has 2 unspecified atom stereocenters. The van der Waals surface area contributed by atoms with Crippen LogP contribution in [-0.2, 0) is 0 Å². The second kappa shape index (κ2) is 14.0. The van der Waals surface area contributed by atoms with Gasteiger partial charge in [-0.3, -0.25) is 0 Å². The van der Waals surface area contributed by atoms with Crippen molar-refractivity contribution in [3.63, 3.8) is 0 Å². The van der Waals surface area contributed by atoms with Gasteiger partial charge in [0.15, 0.2) is 0 Å². The van der Waals surface area contributed by atoms with Gasteiger partial charge in [0.1, 0.15) is 9.98 Å². The molecule has 4 aliphatic rings. The third-order valence-corrected chi connectivity index (χ3v) is 13.1. The molecule has 0 saturated carbocycles. The van der Waals surface area contributed by atoms with Gasteiger partial charge in [-0.25, -0.2) is 0 Å². The van der Waals surface area contributed by atoms with Crippen LogP contribution in [0.5, 0.6) is 0 Å². The predicted octanol–water partition coefficient (Wildman–Crippen LogP) is 9.33. The van der Waals surface area contributed by atoms with Crippen LogP contribution in [0.15, 0.2) is 22.0 Å². The maximum Gasteiger partial charge on any atom is 0.107 e. The third-order valence-electron chi connectivity index (χ3n) is 8.25. The number of nitrogens with zero attached hydrogens (tertiary/aromatic N) is 2. The Bertz CT molecular complexity index is 1070. The van der Waals surface area contributed by atoms with E-state index in [1.807, 2.05) is 23.5 Å². The van der Waals surface area contributed by atoms with E-state index in [1.165, 1.54) is 9.81 Å². The van der Waals surface area contributed by atoms with Gasteiger partial charge in [0.2, 0.25) is 0 Å². The lowest BCUT2D eigenvalue weighted by Gasteiger charge is -2.38. The Morgan fingerprint density at radius 3 is 1.45 bits per heavy atom. The normalized spacial score (nSPS) is 23.3. The molecule has 2 nitrogen and oxygen atoms in total. The highest BCUT2D eigenvalue weighted by molar-refractivity contribution is 8.03. The second-order valence-electron chi connectivity index (χ2n) is 12.9. The standard InChI is InChI=1S/C30H40N2S8/c1-29(2,17-31-25(35)15-23-21(27(31)37)9-13-39-23)11-7-19(33)5-6-20(34)8-12-30(3,4)18-32-26(36)16-24-22(28(32)38)10-14-40-24/h15-16,21-22H,5-14,17-18H2,1-4H3. The Morgan fingerprint density at radius 1 is 0.700 bits per heavy atom. The first kappa shape index (κ1) is 33.2. The molecule has 0 aliphatic carbocycles. The lowest BCUT2D eigenvalue weighted by Crippen LogP contribution is -2.45. The molecule has 0 bridgehead atoms. The number of hydrogen-bond donors (Lipinski definition) is 0. The number of rotatable bonds is 13. The summed E-state index contributed by atoms with van der Waals surface area (Å²) in [5.41, 5.74) is 0.144. The van der Waals surface area contributed by atoms with Crippen LogP contribution in [0.4, 0.5) is 0 Å². The van der Waals surface area contributed by atoms with E-state index < -0.39 is 0 Å². The molecule has 218 valence electrons. The number of thiocarbonyl (C=S) groups is 6. The van der Waals surface area contributed by atoms with Gasteiger partial charge in [-0.15, -0.1) is 23.5 Å². The van der Waals surface area contributed by atoms with Gasteiger partial charge < -0.3 is 9.80 Å². The quantitative estimate of drug-likeness (QED) is 0.172. The van der Waals surface area contributed by atoms with Crippen molar-refractivity contribution < 1.29 is 0 Å². The minimum Gasteiger partial charge on any atom is -0.326 e. The zero-order chi connectivity index (χ0) is 29.2. The molecular formula is C30H40N2S8. The Balaban J connectivity index is 1.17. The fraction of sp³-hybridized carbons (Fsp3) is 0.667.